The van der Waals surface area contributed by atoms with Gasteiger partial charge in [-0.1, -0.05) is 62.4 Å². The lowest BCUT2D eigenvalue weighted by Crippen LogP contribution is -2.54. The monoisotopic (exact) mass is 472 g/mol. The van der Waals surface area contributed by atoms with Crippen molar-refractivity contribution in [3.05, 3.63) is 59.7 Å². The number of alkyl carbamates (subject to hydrolysis) is 1. The van der Waals surface area contributed by atoms with Crippen molar-refractivity contribution in [1.82, 2.24) is 10.2 Å². The van der Waals surface area contributed by atoms with E-state index < -0.39 is 41.9 Å². The quantitative estimate of drug-likeness (QED) is 0.666. The molecule has 34 heavy (non-hydrogen) atoms. The zero-order valence-corrected chi connectivity index (χ0v) is 18.9. The number of fused-ring (bicyclic) bond motifs is 3. The van der Waals surface area contributed by atoms with E-state index in [1.165, 1.54) is 0 Å². The number of alkyl halides is 2. The first kappa shape index (κ1) is 23.7. The minimum Gasteiger partial charge on any atom is -0.480 e. The van der Waals surface area contributed by atoms with Crippen LogP contribution < -0.4 is 5.32 Å². The number of hydrogen-bond acceptors (Lipinski definition) is 4. The molecule has 180 valence electrons. The zero-order chi connectivity index (χ0) is 24.7. The fourth-order valence-corrected chi connectivity index (χ4v) is 4.90. The number of nitrogens with zero attached hydrogens (tertiary/aromatic N) is 1. The van der Waals surface area contributed by atoms with Crippen LogP contribution in [0.15, 0.2) is 48.5 Å². The summed E-state index contributed by atoms with van der Waals surface area (Å²) in [5.74, 6) is -7.16. The maximum atomic E-state index is 14.6. The number of hydrogen-bond donors (Lipinski definition) is 2. The summed E-state index contributed by atoms with van der Waals surface area (Å²) in [7, 11) is 0. The van der Waals surface area contributed by atoms with Gasteiger partial charge in [0, 0.05) is 12.5 Å². The van der Waals surface area contributed by atoms with Crippen LogP contribution in [0.3, 0.4) is 0 Å². The van der Waals surface area contributed by atoms with Crippen molar-refractivity contribution in [1.29, 1.82) is 0 Å². The molecule has 2 aromatic carbocycles. The molecule has 2 aromatic rings. The van der Waals surface area contributed by atoms with Crippen molar-refractivity contribution in [3.8, 4) is 11.1 Å². The lowest BCUT2D eigenvalue weighted by molar-refractivity contribution is -0.164. The van der Waals surface area contributed by atoms with Crippen LogP contribution in [0.1, 0.15) is 37.3 Å². The molecule has 4 rings (SSSR count). The number of ether oxygens (including phenoxy) is 1. The van der Waals surface area contributed by atoms with Gasteiger partial charge in [0.1, 0.15) is 12.6 Å². The van der Waals surface area contributed by atoms with E-state index in [0.29, 0.717) is 4.90 Å². The van der Waals surface area contributed by atoms with Gasteiger partial charge in [0.05, 0.1) is 6.54 Å². The normalized spacial score (nSPS) is 18.8. The summed E-state index contributed by atoms with van der Waals surface area (Å²) in [5, 5.41) is 11.4. The molecular formula is C25H26F2N2O5. The number of rotatable bonds is 6. The molecule has 1 heterocycles. The molecule has 7 nitrogen and oxygen atoms in total. The number of likely N-dealkylation sites (tertiary alicyclic amines) is 1. The summed E-state index contributed by atoms with van der Waals surface area (Å²) in [5.41, 5.74) is 3.19. The van der Waals surface area contributed by atoms with E-state index in [4.69, 9.17) is 4.74 Å². The Morgan fingerprint density at radius 3 is 2.21 bits per heavy atom. The largest absolute Gasteiger partial charge is 0.480 e. The third kappa shape index (κ3) is 4.22. The van der Waals surface area contributed by atoms with Gasteiger partial charge < -0.3 is 20.1 Å². The van der Waals surface area contributed by atoms with Gasteiger partial charge in [-0.05, 0) is 34.1 Å². The molecule has 0 aromatic heterocycles. The average Bonchev–Trinajstić information content (AvgIpc) is 3.29. The molecule has 0 radical (unpaired) electrons. The Morgan fingerprint density at radius 2 is 1.65 bits per heavy atom. The predicted molar refractivity (Wildman–Crippen MR) is 120 cm³/mol. The number of halogens is 2. The van der Waals surface area contributed by atoms with E-state index in [9.17, 15) is 28.3 Å². The third-order valence-electron chi connectivity index (χ3n) is 6.66. The number of aliphatic carboxylic acids is 1. The first-order valence-electron chi connectivity index (χ1n) is 11.0. The molecule has 0 bridgehead atoms. The first-order valence-corrected chi connectivity index (χ1v) is 11.0. The number of amides is 2. The van der Waals surface area contributed by atoms with Gasteiger partial charge in [-0.25, -0.2) is 9.59 Å². The molecule has 2 N–H and O–H groups in total. The van der Waals surface area contributed by atoms with Gasteiger partial charge in [0.25, 0.3) is 5.91 Å². The molecule has 1 fully saturated rings. The topological polar surface area (TPSA) is 95.9 Å². The first-order chi connectivity index (χ1) is 16.0. The lowest BCUT2D eigenvalue weighted by Gasteiger charge is -2.31. The van der Waals surface area contributed by atoms with Crippen molar-refractivity contribution in [3.63, 3.8) is 0 Å². The van der Waals surface area contributed by atoms with Crippen LogP contribution in [0, 0.1) is 5.41 Å². The van der Waals surface area contributed by atoms with Crippen LogP contribution in [0.5, 0.6) is 0 Å². The highest BCUT2D eigenvalue weighted by molar-refractivity contribution is 5.89. The molecule has 0 saturated carbocycles. The average molecular weight is 472 g/mol. The predicted octanol–water partition coefficient (Wildman–Crippen LogP) is 3.87. The molecule has 1 aliphatic heterocycles. The van der Waals surface area contributed by atoms with Gasteiger partial charge in [-0.15, -0.1) is 0 Å². The number of carboxylic acid groups (broad SMARTS) is 1. The zero-order valence-electron chi connectivity index (χ0n) is 18.9. The molecule has 1 saturated heterocycles. The van der Waals surface area contributed by atoms with Gasteiger partial charge in [0.2, 0.25) is 0 Å². The molecular weight excluding hydrogens is 446 g/mol. The number of benzene rings is 2. The fraction of sp³-hybridized carbons (Fsp3) is 0.400. The third-order valence-corrected chi connectivity index (χ3v) is 6.66. The Bertz CT molecular complexity index is 1090. The summed E-state index contributed by atoms with van der Waals surface area (Å²) < 4.78 is 34.4. The summed E-state index contributed by atoms with van der Waals surface area (Å²) in [4.78, 5) is 36.9. The SMILES string of the molecule is CC1(C)CCN(C(=O)C(F)(F)CNC(=O)OCC2c3ccccc3-c3ccccc32)C1C(=O)O. The van der Waals surface area contributed by atoms with Gasteiger partial charge in [-0.3, -0.25) is 4.79 Å². The highest BCUT2D eigenvalue weighted by atomic mass is 19.3. The second kappa shape index (κ2) is 8.70. The molecule has 1 unspecified atom stereocenters. The maximum Gasteiger partial charge on any atom is 0.407 e. The van der Waals surface area contributed by atoms with Gasteiger partial charge in [-0.2, -0.15) is 8.78 Å². The summed E-state index contributed by atoms with van der Waals surface area (Å²) in [6.45, 7) is 1.80. The molecule has 1 atom stereocenters. The molecule has 1 aliphatic carbocycles. The highest BCUT2D eigenvalue weighted by Gasteiger charge is 2.53. The number of nitrogens with one attached hydrogen (secondary N) is 1. The van der Waals surface area contributed by atoms with Crippen LogP contribution in [0.25, 0.3) is 11.1 Å². The number of carbonyl (C=O) groups is 3. The smallest absolute Gasteiger partial charge is 0.407 e. The van der Waals surface area contributed by atoms with Crippen LogP contribution in [0.4, 0.5) is 13.6 Å². The Morgan fingerprint density at radius 1 is 1.09 bits per heavy atom. The molecule has 0 spiro atoms. The maximum absolute atomic E-state index is 14.6. The van der Waals surface area contributed by atoms with Crippen LogP contribution >= 0.6 is 0 Å². The molecule has 2 aliphatic rings. The highest BCUT2D eigenvalue weighted by Crippen LogP contribution is 2.44. The number of carboxylic acids is 1. The van der Waals surface area contributed by atoms with E-state index in [2.05, 4.69) is 0 Å². The second-order valence-corrected chi connectivity index (χ2v) is 9.36. The van der Waals surface area contributed by atoms with Crippen LogP contribution in [-0.4, -0.2) is 59.6 Å². The minimum absolute atomic E-state index is 0.0548. The fourth-order valence-electron chi connectivity index (χ4n) is 4.90. The van der Waals surface area contributed by atoms with E-state index >= 15 is 0 Å². The summed E-state index contributed by atoms with van der Waals surface area (Å²) >= 11 is 0. The second-order valence-electron chi connectivity index (χ2n) is 9.36. The van der Waals surface area contributed by atoms with Crippen LogP contribution in [0.2, 0.25) is 0 Å². The van der Waals surface area contributed by atoms with Crippen molar-refractivity contribution in [2.75, 3.05) is 19.7 Å². The Kier molecular flexibility index (Phi) is 6.05. The minimum atomic E-state index is -3.97. The van der Waals surface area contributed by atoms with Gasteiger partial charge in [0.15, 0.2) is 0 Å². The van der Waals surface area contributed by atoms with E-state index in [-0.39, 0.29) is 25.5 Å². The Hall–Kier alpha value is -3.49. The van der Waals surface area contributed by atoms with Crippen molar-refractivity contribution >= 4 is 18.0 Å². The Labute approximate surface area is 195 Å². The molecule has 9 heteroatoms. The van der Waals surface area contributed by atoms with E-state index in [1.807, 2.05) is 53.8 Å². The summed E-state index contributed by atoms with van der Waals surface area (Å²) in [6.07, 6.45) is -0.795. The standard InChI is InChI=1S/C25H26F2N2O5/c1-24(2)11-12-29(20(24)21(30)31)22(32)25(26,27)14-28-23(33)34-13-19-17-9-5-3-7-15(17)16-8-4-6-10-18(16)19/h3-10,19-20H,11-14H2,1-2H3,(H,28,33)(H,30,31). The molecule has 2 amide bonds. The van der Waals surface area contributed by atoms with Crippen LogP contribution in [-0.2, 0) is 14.3 Å². The lowest BCUT2D eigenvalue weighted by atomic mass is 9.85. The van der Waals surface area contributed by atoms with Gasteiger partial charge >= 0.3 is 18.0 Å². The van der Waals surface area contributed by atoms with E-state index in [1.54, 1.807) is 13.8 Å². The Balaban J connectivity index is 1.37. The van der Waals surface area contributed by atoms with Crippen molar-refractivity contribution in [2.45, 2.75) is 38.2 Å². The van der Waals surface area contributed by atoms with Crippen molar-refractivity contribution < 1.29 is 33.0 Å². The summed E-state index contributed by atoms with van der Waals surface area (Å²) in [6, 6.07) is 14.1. The number of carbonyl (C=O) groups excluding carboxylic acids is 2. The van der Waals surface area contributed by atoms with E-state index in [0.717, 1.165) is 22.3 Å². The van der Waals surface area contributed by atoms with Crippen molar-refractivity contribution in [2.24, 2.45) is 5.41 Å².